The number of aliphatic hydroxyl groups excluding tert-OH is 1. The molecule has 3 amide bonds. The Balaban J connectivity index is 1.73. The summed E-state index contributed by atoms with van der Waals surface area (Å²) in [6.07, 6.45) is -0.383. The number of nitrogens with zero attached hydrogens (tertiary/aromatic N) is 2. The lowest BCUT2D eigenvalue weighted by Gasteiger charge is -2.26. The summed E-state index contributed by atoms with van der Waals surface area (Å²) in [6, 6.07) is 2.29. The highest BCUT2D eigenvalue weighted by Crippen LogP contribution is 2.33. The molecule has 2 atom stereocenters. The van der Waals surface area contributed by atoms with Gasteiger partial charge in [0, 0.05) is 31.2 Å². The molecule has 0 unspecified atom stereocenters. The summed E-state index contributed by atoms with van der Waals surface area (Å²) in [7, 11) is 0. The average Bonchev–Trinajstić information content (AvgIpc) is 3.03. The maximum Gasteiger partial charge on any atom is 0.324 e. The van der Waals surface area contributed by atoms with Crippen molar-refractivity contribution in [3.63, 3.8) is 0 Å². The number of aliphatic hydroxyl groups is 1. The van der Waals surface area contributed by atoms with Gasteiger partial charge in [-0.1, -0.05) is 0 Å². The standard InChI is InChI=1S/C15H17F2N3O3/c16-9-1-2-12(17)11(5-9)13-6-10(21)8-19(13)3-4-20-14(22)7-18-15(20)23/h1-2,5,10,13,21H,3-4,6-8H2,(H,18,23)/t10-,13-/m0/s1. The molecule has 0 aromatic heterocycles. The van der Waals surface area contributed by atoms with E-state index in [2.05, 4.69) is 5.32 Å². The summed E-state index contributed by atoms with van der Waals surface area (Å²) in [5, 5.41) is 12.3. The molecule has 23 heavy (non-hydrogen) atoms. The van der Waals surface area contributed by atoms with Crippen LogP contribution in [0.3, 0.4) is 0 Å². The zero-order valence-corrected chi connectivity index (χ0v) is 12.3. The third-order valence-corrected chi connectivity index (χ3v) is 4.25. The van der Waals surface area contributed by atoms with Crippen LogP contribution in [-0.4, -0.2) is 59.1 Å². The first-order valence-electron chi connectivity index (χ1n) is 7.41. The molecule has 1 aromatic rings. The third kappa shape index (κ3) is 3.18. The quantitative estimate of drug-likeness (QED) is 0.796. The predicted octanol–water partition coefficient (Wildman–Crippen LogP) is 0.624. The summed E-state index contributed by atoms with van der Waals surface area (Å²) < 4.78 is 27.4. The number of carbonyl (C=O) groups excluding carboxylic acids is 2. The first-order chi connectivity index (χ1) is 11.0. The number of imide groups is 1. The molecule has 2 fully saturated rings. The fourth-order valence-electron chi connectivity index (χ4n) is 3.13. The summed E-state index contributed by atoms with van der Waals surface area (Å²) in [5.41, 5.74) is 0.179. The Labute approximate surface area is 131 Å². The number of amides is 3. The van der Waals surface area contributed by atoms with E-state index >= 15 is 0 Å². The summed E-state index contributed by atoms with van der Waals surface area (Å²) in [4.78, 5) is 25.9. The Morgan fingerprint density at radius 1 is 1.26 bits per heavy atom. The second-order valence-electron chi connectivity index (χ2n) is 5.77. The maximum atomic E-state index is 14.0. The molecule has 0 saturated carbocycles. The number of hydrogen-bond acceptors (Lipinski definition) is 4. The largest absolute Gasteiger partial charge is 0.392 e. The lowest BCUT2D eigenvalue weighted by molar-refractivity contribution is -0.125. The van der Waals surface area contributed by atoms with E-state index in [1.807, 2.05) is 0 Å². The Morgan fingerprint density at radius 3 is 2.74 bits per heavy atom. The van der Waals surface area contributed by atoms with Gasteiger partial charge in [-0.15, -0.1) is 0 Å². The monoisotopic (exact) mass is 325 g/mol. The highest BCUT2D eigenvalue weighted by atomic mass is 19.1. The number of carbonyl (C=O) groups is 2. The van der Waals surface area contributed by atoms with E-state index < -0.39 is 29.8 Å². The van der Waals surface area contributed by atoms with Gasteiger partial charge in [0.2, 0.25) is 5.91 Å². The van der Waals surface area contributed by atoms with Crippen molar-refractivity contribution in [3.05, 3.63) is 35.4 Å². The number of hydrogen-bond donors (Lipinski definition) is 2. The van der Waals surface area contributed by atoms with Crippen molar-refractivity contribution in [2.24, 2.45) is 0 Å². The lowest BCUT2D eigenvalue weighted by atomic mass is 10.0. The second kappa shape index (κ2) is 6.21. The van der Waals surface area contributed by atoms with Crippen LogP contribution in [0.4, 0.5) is 13.6 Å². The van der Waals surface area contributed by atoms with Crippen molar-refractivity contribution >= 4 is 11.9 Å². The van der Waals surface area contributed by atoms with Crippen LogP contribution in [-0.2, 0) is 4.79 Å². The van der Waals surface area contributed by atoms with E-state index in [1.165, 1.54) is 0 Å². The Kier molecular flexibility index (Phi) is 4.27. The van der Waals surface area contributed by atoms with Crippen LogP contribution in [0.15, 0.2) is 18.2 Å². The number of rotatable bonds is 4. The number of nitrogens with one attached hydrogen (secondary N) is 1. The van der Waals surface area contributed by atoms with Gasteiger partial charge < -0.3 is 10.4 Å². The normalized spacial score (nSPS) is 25.3. The predicted molar refractivity (Wildman–Crippen MR) is 76.4 cm³/mol. The molecule has 2 saturated heterocycles. The zero-order valence-electron chi connectivity index (χ0n) is 12.3. The van der Waals surface area contributed by atoms with Gasteiger partial charge in [0.25, 0.3) is 0 Å². The molecule has 0 radical (unpaired) electrons. The van der Waals surface area contributed by atoms with Gasteiger partial charge in [-0.3, -0.25) is 14.6 Å². The van der Waals surface area contributed by atoms with Crippen LogP contribution in [0.5, 0.6) is 0 Å². The average molecular weight is 325 g/mol. The van der Waals surface area contributed by atoms with Crippen molar-refractivity contribution in [3.8, 4) is 0 Å². The van der Waals surface area contributed by atoms with Crippen molar-refractivity contribution in [1.82, 2.24) is 15.1 Å². The van der Waals surface area contributed by atoms with Gasteiger partial charge in [-0.25, -0.2) is 13.6 Å². The fraction of sp³-hybridized carbons (Fsp3) is 0.467. The molecule has 0 aliphatic carbocycles. The van der Waals surface area contributed by atoms with E-state index in [4.69, 9.17) is 0 Å². The Morgan fingerprint density at radius 2 is 2.04 bits per heavy atom. The van der Waals surface area contributed by atoms with E-state index in [0.717, 1.165) is 23.1 Å². The van der Waals surface area contributed by atoms with Gasteiger partial charge in [-0.05, 0) is 24.6 Å². The molecule has 0 bridgehead atoms. The van der Waals surface area contributed by atoms with Crippen LogP contribution < -0.4 is 5.32 Å². The molecule has 2 N–H and O–H groups in total. The Bertz CT molecular complexity index is 624. The number of likely N-dealkylation sites (tertiary alicyclic amines) is 1. The van der Waals surface area contributed by atoms with E-state index in [-0.39, 0.29) is 44.1 Å². The van der Waals surface area contributed by atoms with E-state index in [9.17, 15) is 23.5 Å². The highest BCUT2D eigenvalue weighted by molar-refractivity contribution is 6.01. The minimum Gasteiger partial charge on any atom is -0.392 e. The number of urea groups is 1. The fourth-order valence-corrected chi connectivity index (χ4v) is 3.13. The third-order valence-electron chi connectivity index (χ3n) is 4.25. The van der Waals surface area contributed by atoms with E-state index in [1.54, 1.807) is 4.90 Å². The van der Waals surface area contributed by atoms with Gasteiger partial charge in [0.05, 0.1) is 12.6 Å². The van der Waals surface area contributed by atoms with Gasteiger partial charge in [-0.2, -0.15) is 0 Å². The SMILES string of the molecule is O=C1CNC(=O)N1CCN1C[C@@H](O)C[C@H]1c1cc(F)ccc1F. The zero-order chi connectivity index (χ0) is 16.6. The molecule has 1 aromatic carbocycles. The van der Waals surface area contributed by atoms with Crippen LogP contribution >= 0.6 is 0 Å². The molecule has 124 valence electrons. The van der Waals surface area contributed by atoms with Crippen molar-refractivity contribution in [2.45, 2.75) is 18.6 Å². The molecule has 2 aliphatic heterocycles. The minimum atomic E-state index is -0.661. The van der Waals surface area contributed by atoms with Crippen LogP contribution in [0.1, 0.15) is 18.0 Å². The van der Waals surface area contributed by atoms with Crippen LogP contribution in [0.25, 0.3) is 0 Å². The second-order valence-corrected chi connectivity index (χ2v) is 5.77. The molecule has 3 rings (SSSR count). The first kappa shape index (κ1) is 15.8. The van der Waals surface area contributed by atoms with Gasteiger partial charge in [0.15, 0.2) is 0 Å². The smallest absolute Gasteiger partial charge is 0.324 e. The molecule has 2 heterocycles. The highest BCUT2D eigenvalue weighted by Gasteiger charge is 2.35. The molecular formula is C15H17F2N3O3. The van der Waals surface area contributed by atoms with Crippen molar-refractivity contribution in [1.29, 1.82) is 0 Å². The summed E-state index contributed by atoms with van der Waals surface area (Å²) >= 11 is 0. The number of halogens is 2. The first-order valence-corrected chi connectivity index (χ1v) is 7.41. The summed E-state index contributed by atoms with van der Waals surface area (Å²) in [5.74, 6) is -1.40. The molecule has 0 spiro atoms. The maximum absolute atomic E-state index is 14.0. The summed E-state index contributed by atoms with van der Waals surface area (Å²) in [6.45, 7) is 0.690. The molecular weight excluding hydrogens is 308 g/mol. The number of benzene rings is 1. The van der Waals surface area contributed by atoms with Crippen molar-refractivity contribution < 1.29 is 23.5 Å². The van der Waals surface area contributed by atoms with Crippen LogP contribution in [0, 0.1) is 11.6 Å². The Hall–Kier alpha value is -2.06. The molecule has 2 aliphatic rings. The van der Waals surface area contributed by atoms with Gasteiger partial charge >= 0.3 is 6.03 Å². The number of β-amino-alcohol motifs (C(OH)–C–C–N with tert-alkyl or cyclic N) is 1. The van der Waals surface area contributed by atoms with Crippen LogP contribution in [0.2, 0.25) is 0 Å². The van der Waals surface area contributed by atoms with Gasteiger partial charge in [0.1, 0.15) is 11.6 Å². The minimum absolute atomic E-state index is 0.0244. The van der Waals surface area contributed by atoms with E-state index in [0.29, 0.717) is 0 Å². The molecule has 8 heteroatoms. The lowest BCUT2D eigenvalue weighted by Crippen LogP contribution is -2.39. The van der Waals surface area contributed by atoms with Crippen molar-refractivity contribution in [2.75, 3.05) is 26.2 Å². The molecule has 6 nitrogen and oxygen atoms in total. The topological polar surface area (TPSA) is 72.9 Å².